The van der Waals surface area contributed by atoms with Crippen LogP contribution >= 0.6 is 11.1 Å². The molecule has 2 rings (SSSR count). The molecular weight excluding hydrogens is 402 g/mol. The Morgan fingerprint density at radius 2 is 1.61 bits per heavy atom. The molecule has 0 aliphatic heterocycles. The number of carbonyl (C=O) groups is 1. The van der Waals surface area contributed by atoms with Gasteiger partial charge in [0.15, 0.2) is 7.38 Å². The Balaban J connectivity index is 2.13. The van der Waals surface area contributed by atoms with Crippen LogP contribution in [0.1, 0.15) is 27.9 Å². The second kappa shape index (κ2) is 8.94. The molecule has 148 valence electrons. The van der Waals surface area contributed by atoms with Crippen LogP contribution in [0.5, 0.6) is 0 Å². The fourth-order valence-corrected chi connectivity index (χ4v) is 5.48. The van der Waals surface area contributed by atoms with Crippen LogP contribution in [-0.4, -0.2) is 29.7 Å². The number of hydrogen-bond donors (Lipinski definition) is 1. The van der Waals surface area contributed by atoms with Gasteiger partial charge >= 0.3 is 0 Å². The van der Waals surface area contributed by atoms with E-state index >= 15 is 0 Å². The second-order valence-electron chi connectivity index (χ2n) is 6.82. The third kappa shape index (κ3) is 5.60. The molecule has 0 saturated heterocycles. The molecule has 0 radical (unpaired) electrons. The maximum atomic E-state index is 12.4. The number of hydrogen-bond acceptors (Lipinski definition) is 5. The predicted molar refractivity (Wildman–Crippen MR) is 109 cm³/mol. The molecule has 0 saturated carbocycles. The molecule has 0 bridgehead atoms. The van der Waals surface area contributed by atoms with Crippen LogP contribution in [-0.2, 0) is 0 Å². The first-order valence-electron chi connectivity index (χ1n) is 8.55. The maximum Gasteiger partial charge on any atom is 0.277 e. The quantitative estimate of drug-likeness (QED) is 0.293. The van der Waals surface area contributed by atoms with E-state index in [2.05, 4.69) is 5.32 Å². The number of rotatable bonds is 8. The molecule has 2 aromatic rings. The summed E-state index contributed by atoms with van der Waals surface area (Å²) >= 11 is 6.65. The third-order valence-electron chi connectivity index (χ3n) is 4.34. The van der Waals surface area contributed by atoms with Crippen molar-refractivity contribution in [1.29, 1.82) is 0 Å². The minimum Gasteiger partial charge on any atom is -0.352 e. The van der Waals surface area contributed by atoms with Crippen molar-refractivity contribution >= 4 is 35.7 Å². The number of carbonyl (C=O) groups excluding carboxylic acids is 1. The van der Waals surface area contributed by atoms with Crippen LogP contribution in [0, 0.1) is 20.2 Å². The smallest absolute Gasteiger partial charge is 0.277 e. The van der Waals surface area contributed by atoms with Gasteiger partial charge in [0.25, 0.3) is 17.3 Å². The summed E-state index contributed by atoms with van der Waals surface area (Å²) in [5, 5.41) is 24.6. The molecule has 2 aromatic carbocycles. The summed E-state index contributed by atoms with van der Waals surface area (Å²) in [5.41, 5.74) is 0.0516. The molecule has 1 N–H and O–H groups in total. The minimum absolute atomic E-state index is 0.0927. The van der Waals surface area contributed by atoms with E-state index in [1.54, 1.807) is 0 Å². The number of nitro groups is 2. The fourth-order valence-electron chi connectivity index (χ4n) is 2.96. The number of benzene rings is 2. The summed E-state index contributed by atoms with van der Waals surface area (Å²) in [6.07, 6.45) is 0.593. The van der Waals surface area contributed by atoms with Crippen molar-refractivity contribution in [2.75, 3.05) is 6.54 Å². The Morgan fingerprint density at radius 1 is 1.07 bits per heavy atom. The maximum absolute atomic E-state index is 12.4. The number of nitro benzene ring substituents is 2. The zero-order valence-electron chi connectivity index (χ0n) is 15.4. The standard InChI is InChI=1S/C18H20ClN3O5Si/c1-28(2,19)17(13-6-4-3-5-7-13)8-9-20-18(23)14-10-15(21(24)25)12-16(11-14)22(26)27/h3-7,10-12,17H,8-9H2,1-2H3,(H,20,23). The molecule has 10 heteroatoms. The van der Waals surface area contributed by atoms with Crippen molar-refractivity contribution in [2.24, 2.45) is 0 Å². The fraction of sp³-hybridized carbons (Fsp3) is 0.278. The van der Waals surface area contributed by atoms with Crippen LogP contribution in [0.15, 0.2) is 48.5 Å². The molecule has 1 atom stereocenters. The van der Waals surface area contributed by atoms with E-state index in [4.69, 9.17) is 11.1 Å². The van der Waals surface area contributed by atoms with E-state index in [0.717, 1.165) is 23.8 Å². The van der Waals surface area contributed by atoms with Crippen molar-refractivity contribution in [2.45, 2.75) is 25.1 Å². The Bertz CT molecular complexity index is 854. The van der Waals surface area contributed by atoms with Crippen molar-refractivity contribution < 1.29 is 14.6 Å². The third-order valence-corrected chi connectivity index (χ3v) is 7.41. The van der Waals surface area contributed by atoms with Crippen molar-refractivity contribution in [1.82, 2.24) is 5.32 Å². The molecule has 0 aliphatic carbocycles. The van der Waals surface area contributed by atoms with E-state index in [-0.39, 0.29) is 17.6 Å². The van der Waals surface area contributed by atoms with E-state index < -0.39 is 34.5 Å². The second-order valence-corrected chi connectivity index (χ2v) is 13.6. The Morgan fingerprint density at radius 3 is 2.07 bits per heavy atom. The topological polar surface area (TPSA) is 115 Å². The van der Waals surface area contributed by atoms with Crippen LogP contribution in [0.3, 0.4) is 0 Å². The summed E-state index contributed by atoms with van der Waals surface area (Å²) in [5.74, 6) is -0.604. The molecule has 1 unspecified atom stereocenters. The van der Waals surface area contributed by atoms with Gasteiger partial charge in [-0.1, -0.05) is 43.4 Å². The molecule has 0 aliphatic rings. The molecule has 0 spiro atoms. The molecule has 0 aromatic heterocycles. The SMILES string of the molecule is C[Si](C)(Cl)C(CCNC(=O)c1cc([N+](=O)[O-])cc([N+](=O)[O-])c1)c1ccccc1. The van der Waals surface area contributed by atoms with Crippen molar-refractivity contribution in [3.63, 3.8) is 0 Å². The van der Waals surface area contributed by atoms with Crippen molar-refractivity contribution in [3.8, 4) is 0 Å². The van der Waals surface area contributed by atoms with E-state index in [1.807, 2.05) is 43.4 Å². The molecule has 0 heterocycles. The Kier molecular flexibility index (Phi) is 6.87. The number of amides is 1. The van der Waals surface area contributed by atoms with Gasteiger partial charge in [-0.05, 0) is 17.5 Å². The Hall–Kier alpha value is -2.78. The molecule has 1 amide bonds. The highest BCUT2D eigenvalue weighted by atomic mass is 35.6. The monoisotopic (exact) mass is 421 g/mol. The summed E-state index contributed by atoms with van der Waals surface area (Å²) in [6.45, 7) is 4.34. The van der Waals surface area contributed by atoms with E-state index in [9.17, 15) is 25.0 Å². The van der Waals surface area contributed by atoms with Crippen LogP contribution in [0.2, 0.25) is 13.1 Å². The first-order chi connectivity index (χ1) is 13.1. The van der Waals surface area contributed by atoms with Gasteiger partial charge in [-0.15, -0.1) is 0 Å². The van der Waals surface area contributed by atoms with Gasteiger partial charge < -0.3 is 5.32 Å². The molecule has 0 fully saturated rings. The van der Waals surface area contributed by atoms with Gasteiger partial charge in [-0.25, -0.2) is 0 Å². The summed E-state index contributed by atoms with van der Waals surface area (Å²) in [4.78, 5) is 32.8. The highest BCUT2D eigenvalue weighted by Gasteiger charge is 2.31. The predicted octanol–water partition coefficient (Wildman–Crippen LogP) is 4.39. The summed E-state index contributed by atoms with van der Waals surface area (Å²) in [7, 11) is -2.08. The number of halogens is 1. The normalized spacial score (nSPS) is 12.2. The lowest BCUT2D eigenvalue weighted by Gasteiger charge is -2.27. The highest BCUT2D eigenvalue weighted by Crippen LogP contribution is 2.32. The molecule has 28 heavy (non-hydrogen) atoms. The average molecular weight is 422 g/mol. The van der Waals surface area contributed by atoms with Crippen molar-refractivity contribution in [3.05, 3.63) is 79.9 Å². The molecular formula is C18H20ClN3O5Si. The van der Waals surface area contributed by atoms with E-state index in [0.29, 0.717) is 6.42 Å². The minimum atomic E-state index is -2.08. The number of nitrogens with one attached hydrogen (secondary N) is 1. The first kappa shape index (κ1) is 21.5. The van der Waals surface area contributed by atoms with Gasteiger partial charge in [-0.3, -0.25) is 25.0 Å². The Labute approximate surface area is 167 Å². The van der Waals surface area contributed by atoms with Gasteiger partial charge in [0.1, 0.15) is 0 Å². The average Bonchev–Trinajstić information content (AvgIpc) is 2.64. The first-order valence-corrected chi connectivity index (χ1v) is 12.6. The van der Waals surface area contributed by atoms with Crippen LogP contribution < -0.4 is 5.32 Å². The van der Waals surface area contributed by atoms with Crippen LogP contribution in [0.4, 0.5) is 11.4 Å². The lowest BCUT2D eigenvalue weighted by molar-refractivity contribution is -0.394. The van der Waals surface area contributed by atoms with Gasteiger partial charge in [0.2, 0.25) is 0 Å². The largest absolute Gasteiger partial charge is 0.352 e. The molecule has 8 nitrogen and oxygen atoms in total. The highest BCUT2D eigenvalue weighted by molar-refractivity contribution is 7.19. The van der Waals surface area contributed by atoms with Gasteiger partial charge in [0.05, 0.1) is 21.5 Å². The van der Waals surface area contributed by atoms with Gasteiger partial charge in [0, 0.05) is 18.7 Å². The summed E-state index contributed by atoms with van der Waals surface area (Å²) < 4.78 is 0. The van der Waals surface area contributed by atoms with Gasteiger partial charge in [-0.2, -0.15) is 11.1 Å². The number of non-ortho nitro benzene ring substituents is 2. The lowest BCUT2D eigenvalue weighted by Crippen LogP contribution is -2.33. The van der Waals surface area contributed by atoms with Crippen LogP contribution in [0.25, 0.3) is 0 Å². The number of nitrogens with zero attached hydrogens (tertiary/aromatic N) is 2. The van der Waals surface area contributed by atoms with E-state index in [1.165, 1.54) is 0 Å². The zero-order valence-corrected chi connectivity index (χ0v) is 17.2. The summed E-state index contributed by atoms with van der Waals surface area (Å²) in [6, 6.07) is 12.6. The lowest BCUT2D eigenvalue weighted by atomic mass is 10.1. The zero-order chi connectivity index (χ0) is 20.9.